The van der Waals surface area contributed by atoms with E-state index in [1.54, 1.807) is 7.11 Å². The highest BCUT2D eigenvalue weighted by Gasteiger charge is 2.36. The second-order valence-electron chi connectivity index (χ2n) is 9.09. The molecule has 2 aliphatic carbocycles. The van der Waals surface area contributed by atoms with E-state index in [4.69, 9.17) is 10.5 Å². The summed E-state index contributed by atoms with van der Waals surface area (Å²) in [6, 6.07) is 11.8. The van der Waals surface area contributed by atoms with Crippen LogP contribution >= 0.6 is 0 Å². The first-order valence-electron chi connectivity index (χ1n) is 10.8. The van der Waals surface area contributed by atoms with Crippen molar-refractivity contribution < 1.29 is 14.2 Å². The molecule has 0 radical (unpaired) electrons. The molecule has 0 heterocycles. The fourth-order valence-electron chi connectivity index (χ4n) is 5.22. The minimum atomic E-state index is -0.396. The number of halogens is 1. The van der Waals surface area contributed by atoms with Crippen LogP contribution in [-0.4, -0.2) is 24.4 Å². The van der Waals surface area contributed by atoms with Crippen LogP contribution in [0.4, 0.5) is 4.39 Å². The maximum Gasteiger partial charge on any atom is 0.126 e. The Balaban J connectivity index is 1.38. The predicted molar refractivity (Wildman–Crippen MR) is 114 cm³/mol. The van der Waals surface area contributed by atoms with Crippen molar-refractivity contribution in [1.29, 1.82) is 0 Å². The molecule has 3 atom stereocenters. The summed E-state index contributed by atoms with van der Waals surface area (Å²) in [7, 11) is 1.60. The van der Waals surface area contributed by atoms with E-state index < -0.39 is 5.54 Å². The fraction of sp³-hybridized carbons (Fsp3) is 0.520. The summed E-state index contributed by atoms with van der Waals surface area (Å²) in [5.74, 6) is 1.53. The van der Waals surface area contributed by atoms with Gasteiger partial charge in [0.15, 0.2) is 0 Å². The largest absolute Gasteiger partial charge is 0.496 e. The van der Waals surface area contributed by atoms with Crippen molar-refractivity contribution in [3.8, 4) is 5.75 Å². The Labute approximate surface area is 173 Å². The Morgan fingerprint density at radius 2 is 2.03 bits per heavy atom. The molecule has 2 aliphatic rings. The van der Waals surface area contributed by atoms with E-state index in [2.05, 4.69) is 18.2 Å². The Morgan fingerprint density at radius 3 is 2.79 bits per heavy atom. The van der Waals surface area contributed by atoms with Crippen molar-refractivity contribution in [2.24, 2.45) is 11.7 Å². The lowest BCUT2D eigenvalue weighted by Crippen LogP contribution is -2.40. The van der Waals surface area contributed by atoms with E-state index in [0.29, 0.717) is 17.6 Å². The van der Waals surface area contributed by atoms with Crippen LogP contribution in [0.15, 0.2) is 36.4 Å². The zero-order chi connectivity index (χ0) is 20.4. The van der Waals surface area contributed by atoms with Gasteiger partial charge in [-0.15, -0.1) is 0 Å². The van der Waals surface area contributed by atoms with Crippen LogP contribution in [-0.2, 0) is 19.3 Å². The number of hydrogen-bond acceptors (Lipinski definition) is 3. The lowest BCUT2D eigenvalue weighted by molar-refractivity contribution is 0.198. The van der Waals surface area contributed by atoms with Gasteiger partial charge >= 0.3 is 0 Å². The van der Waals surface area contributed by atoms with Gasteiger partial charge in [0.2, 0.25) is 0 Å². The summed E-state index contributed by atoms with van der Waals surface area (Å²) in [6.07, 6.45) is 8.29. The molecule has 1 saturated carbocycles. The van der Waals surface area contributed by atoms with Crippen LogP contribution in [0, 0.1) is 11.7 Å². The maximum absolute atomic E-state index is 13.4. The first kappa shape index (κ1) is 20.4. The molecule has 2 aromatic rings. The second-order valence-corrected chi connectivity index (χ2v) is 9.09. The fourth-order valence-corrected chi connectivity index (χ4v) is 5.22. The number of hydrogen-bond donors (Lipinski definition) is 2. The average molecular weight is 398 g/mol. The molecule has 0 spiro atoms. The SMILES string of the molecule is COc1cc(F)ccc1CCC1CCc2cc([C@H]3CC[C@](N)(CO)C3)ccc2C1. The molecule has 4 rings (SSSR count). The summed E-state index contributed by atoms with van der Waals surface area (Å²) < 4.78 is 18.7. The standard InChI is InChI=1S/C25H32FNO2/c1-29-24-14-23(26)9-8-18(24)4-2-17-3-5-20-13-21(7-6-19(20)12-17)22-10-11-25(27,15-22)16-28/h6-9,13-14,17,22,28H,2-5,10-12,15-16,27H2,1H3/t17?,22-,25+/m0/s1. The van der Waals surface area contributed by atoms with Crippen molar-refractivity contribution in [2.75, 3.05) is 13.7 Å². The molecule has 0 bridgehead atoms. The molecule has 3 nitrogen and oxygen atoms in total. The Morgan fingerprint density at radius 1 is 1.17 bits per heavy atom. The normalized spacial score (nSPS) is 26.3. The number of nitrogens with two attached hydrogens (primary N) is 1. The number of fused-ring (bicyclic) bond motifs is 1. The first-order chi connectivity index (χ1) is 14.0. The first-order valence-corrected chi connectivity index (χ1v) is 10.8. The molecular weight excluding hydrogens is 365 g/mol. The summed E-state index contributed by atoms with van der Waals surface area (Å²) in [5, 5.41) is 9.54. The Bertz CT molecular complexity index is 868. The molecule has 29 heavy (non-hydrogen) atoms. The van der Waals surface area contributed by atoms with Crippen molar-refractivity contribution >= 4 is 0 Å². The average Bonchev–Trinajstić information content (AvgIpc) is 3.15. The van der Waals surface area contributed by atoms with Crippen LogP contribution in [0.5, 0.6) is 5.75 Å². The van der Waals surface area contributed by atoms with E-state index >= 15 is 0 Å². The van der Waals surface area contributed by atoms with Crippen LogP contribution in [0.2, 0.25) is 0 Å². The zero-order valence-electron chi connectivity index (χ0n) is 17.3. The van der Waals surface area contributed by atoms with Crippen LogP contribution in [0.1, 0.15) is 60.3 Å². The summed E-state index contributed by atoms with van der Waals surface area (Å²) in [4.78, 5) is 0. The number of aliphatic hydroxyl groups excluding tert-OH is 1. The van der Waals surface area contributed by atoms with Gasteiger partial charge in [0.05, 0.1) is 13.7 Å². The zero-order valence-corrected chi connectivity index (χ0v) is 17.3. The molecule has 2 aromatic carbocycles. The molecule has 0 aromatic heterocycles. The van der Waals surface area contributed by atoms with Crippen molar-refractivity contribution in [3.05, 3.63) is 64.5 Å². The lowest BCUT2D eigenvalue weighted by atomic mass is 9.79. The van der Waals surface area contributed by atoms with Gasteiger partial charge in [-0.3, -0.25) is 0 Å². The third-order valence-electron chi connectivity index (χ3n) is 7.06. The topological polar surface area (TPSA) is 55.5 Å². The van der Waals surface area contributed by atoms with Crippen LogP contribution in [0.3, 0.4) is 0 Å². The minimum Gasteiger partial charge on any atom is -0.496 e. The van der Waals surface area contributed by atoms with Gasteiger partial charge in [-0.25, -0.2) is 4.39 Å². The highest BCUT2D eigenvalue weighted by Crippen LogP contribution is 2.41. The third-order valence-corrected chi connectivity index (χ3v) is 7.06. The molecule has 1 fully saturated rings. The monoisotopic (exact) mass is 397 g/mol. The Kier molecular flexibility index (Phi) is 5.93. The van der Waals surface area contributed by atoms with Crippen LogP contribution in [0.25, 0.3) is 0 Å². The van der Waals surface area contributed by atoms with Crippen molar-refractivity contribution in [3.63, 3.8) is 0 Å². The van der Waals surface area contributed by atoms with Crippen molar-refractivity contribution in [1.82, 2.24) is 0 Å². The van der Waals surface area contributed by atoms with E-state index in [0.717, 1.165) is 50.5 Å². The van der Waals surface area contributed by atoms with Crippen LogP contribution < -0.4 is 10.5 Å². The van der Waals surface area contributed by atoms with E-state index in [1.165, 1.54) is 35.2 Å². The summed E-state index contributed by atoms with van der Waals surface area (Å²) >= 11 is 0. The number of aliphatic hydroxyl groups is 1. The molecule has 156 valence electrons. The second kappa shape index (κ2) is 8.45. The molecule has 0 saturated heterocycles. The molecule has 0 aliphatic heterocycles. The predicted octanol–water partition coefficient (Wildman–Crippen LogP) is 4.53. The maximum atomic E-state index is 13.4. The lowest BCUT2D eigenvalue weighted by Gasteiger charge is -2.26. The number of aryl methyl sites for hydroxylation is 2. The van der Waals surface area contributed by atoms with Gasteiger partial charge in [-0.05, 0) is 91.5 Å². The van der Waals surface area contributed by atoms with E-state index in [-0.39, 0.29) is 12.4 Å². The molecular formula is C25H32FNO2. The number of ether oxygens (including phenoxy) is 1. The molecule has 4 heteroatoms. The van der Waals surface area contributed by atoms with Gasteiger partial charge in [-0.1, -0.05) is 24.3 Å². The molecule has 0 amide bonds. The Hall–Kier alpha value is -1.91. The smallest absolute Gasteiger partial charge is 0.126 e. The third kappa shape index (κ3) is 4.49. The number of methoxy groups -OCH3 is 1. The quantitative estimate of drug-likeness (QED) is 0.753. The van der Waals surface area contributed by atoms with Gasteiger partial charge in [0, 0.05) is 11.6 Å². The molecule has 1 unspecified atom stereocenters. The number of benzene rings is 2. The van der Waals surface area contributed by atoms with Gasteiger partial charge in [-0.2, -0.15) is 0 Å². The number of rotatable bonds is 6. The minimum absolute atomic E-state index is 0.0783. The summed E-state index contributed by atoms with van der Waals surface area (Å²) in [6.45, 7) is 0.0783. The highest BCUT2D eigenvalue weighted by atomic mass is 19.1. The molecule has 3 N–H and O–H groups in total. The van der Waals surface area contributed by atoms with Gasteiger partial charge in [0.25, 0.3) is 0 Å². The van der Waals surface area contributed by atoms with Crippen molar-refractivity contribution in [2.45, 2.75) is 62.8 Å². The highest BCUT2D eigenvalue weighted by molar-refractivity contribution is 5.37. The van der Waals surface area contributed by atoms with E-state index in [9.17, 15) is 9.50 Å². The summed E-state index contributed by atoms with van der Waals surface area (Å²) in [5.41, 5.74) is 11.3. The van der Waals surface area contributed by atoms with Gasteiger partial charge < -0.3 is 15.6 Å². The van der Waals surface area contributed by atoms with E-state index in [1.807, 2.05) is 6.07 Å². The van der Waals surface area contributed by atoms with Gasteiger partial charge in [0.1, 0.15) is 11.6 Å².